The first kappa shape index (κ1) is 16.8. The zero-order chi connectivity index (χ0) is 16.7. The van der Waals surface area contributed by atoms with E-state index in [0.29, 0.717) is 22.9 Å². The van der Waals surface area contributed by atoms with Gasteiger partial charge in [0.1, 0.15) is 5.75 Å². The maximum absolute atomic E-state index is 11.8. The summed E-state index contributed by atoms with van der Waals surface area (Å²) in [5.41, 5.74) is 1.18. The van der Waals surface area contributed by atoms with E-state index in [0.717, 1.165) is 5.56 Å². The van der Waals surface area contributed by atoms with E-state index in [1.807, 2.05) is 24.3 Å². The number of esters is 1. The van der Waals surface area contributed by atoms with Gasteiger partial charge in [0.2, 0.25) is 0 Å². The van der Waals surface area contributed by atoms with Crippen LogP contribution in [0.3, 0.4) is 0 Å². The average molecular weight is 334 g/mol. The van der Waals surface area contributed by atoms with Gasteiger partial charge in [-0.3, -0.25) is 4.79 Å². The van der Waals surface area contributed by atoms with Gasteiger partial charge in [0.25, 0.3) is 5.91 Å². The Morgan fingerprint density at radius 1 is 1.09 bits per heavy atom. The fourth-order valence-electron chi connectivity index (χ4n) is 1.89. The van der Waals surface area contributed by atoms with Gasteiger partial charge in [0.05, 0.1) is 12.7 Å². The van der Waals surface area contributed by atoms with Crippen LogP contribution in [-0.4, -0.2) is 25.6 Å². The molecule has 0 fully saturated rings. The van der Waals surface area contributed by atoms with Gasteiger partial charge in [-0.05, 0) is 30.3 Å². The van der Waals surface area contributed by atoms with Gasteiger partial charge in [0.15, 0.2) is 6.61 Å². The van der Waals surface area contributed by atoms with Crippen molar-refractivity contribution in [3.8, 4) is 5.75 Å². The molecule has 0 aliphatic carbocycles. The lowest BCUT2D eigenvalue weighted by molar-refractivity contribution is -0.124. The smallest absolute Gasteiger partial charge is 0.338 e. The van der Waals surface area contributed by atoms with Gasteiger partial charge < -0.3 is 14.8 Å². The van der Waals surface area contributed by atoms with Crippen LogP contribution in [0.15, 0.2) is 48.5 Å². The Morgan fingerprint density at radius 2 is 1.78 bits per heavy atom. The SMILES string of the molecule is COc1ccccc1CNC(=O)COC(=O)c1ccc(Cl)cc1. The van der Waals surface area contributed by atoms with Gasteiger partial charge in [-0.25, -0.2) is 4.79 Å². The van der Waals surface area contributed by atoms with Gasteiger partial charge in [-0.15, -0.1) is 0 Å². The molecule has 5 nitrogen and oxygen atoms in total. The average Bonchev–Trinajstić information content (AvgIpc) is 2.58. The quantitative estimate of drug-likeness (QED) is 0.826. The minimum absolute atomic E-state index is 0.293. The highest BCUT2D eigenvalue weighted by Gasteiger charge is 2.10. The van der Waals surface area contributed by atoms with E-state index in [1.54, 1.807) is 19.2 Å². The molecule has 0 radical (unpaired) electrons. The second kappa shape index (κ2) is 8.19. The fraction of sp³-hybridized carbons (Fsp3) is 0.176. The molecule has 0 aliphatic heterocycles. The number of nitrogens with one attached hydrogen (secondary N) is 1. The van der Waals surface area contributed by atoms with Crippen LogP contribution in [0.5, 0.6) is 5.75 Å². The number of methoxy groups -OCH3 is 1. The van der Waals surface area contributed by atoms with Crippen molar-refractivity contribution >= 4 is 23.5 Å². The van der Waals surface area contributed by atoms with Gasteiger partial charge in [0, 0.05) is 17.1 Å². The van der Waals surface area contributed by atoms with Crippen molar-refractivity contribution < 1.29 is 19.1 Å². The maximum atomic E-state index is 11.8. The van der Waals surface area contributed by atoms with E-state index in [-0.39, 0.29) is 6.61 Å². The van der Waals surface area contributed by atoms with Crippen molar-refractivity contribution in [2.45, 2.75) is 6.54 Å². The van der Waals surface area contributed by atoms with Crippen molar-refractivity contribution in [1.29, 1.82) is 0 Å². The highest BCUT2D eigenvalue weighted by Crippen LogP contribution is 2.16. The lowest BCUT2D eigenvalue weighted by atomic mass is 10.2. The van der Waals surface area contributed by atoms with E-state index in [9.17, 15) is 9.59 Å². The monoisotopic (exact) mass is 333 g/mol. The third-order valence-corrected chi connectivity index (χ3v) is 3.33. The highest BCUT2D eigenvalue weighted by molar-refractivity contribution is 6.30. The molecule has 2 aromatic carbocycles. The molecular formula is C17H16ClNO4. The molecule has 120 valence electrons. The van der Waals surface area contributed by atoms with Crippen molar-refractivity contribution in [3.05, 3.63) is 64.7 Å². The molecule has 0 aromatic heterocycles. The first-order valence-electron chi connectivity index (χ1n) is 6.91. The van der Waals surface area contributed by atoms with E-state index in [4.69, 9.17) is 21.1 Å². The van der Waals surface area contributed by atoms with Crippen LogP contribution in [0.2, 0.25) is 5.02 Å². The summed E-state index contributed by atoms with van der Waals surface area (Å²) in [5.74, 6) is -0.279. The Hall–Kier alpha value is -2.53. The molecule has 0 atom stereocenters. The van der Waals surface area contributed by atoms with Gasteiger partial charge in [-0.1, -0.05) is 29.8 Å². The van der Waals surface area contributed by atoms with Crippen LogP contribution in [0.25, 0.3) is 0 Å². The van der Waals surface area contributed by atoms with Crippen molar-refractivity contribution in [1.82, 2.24) is 5.32 Å². The predicted octanol–water partition coefficient (Wildman–Crippen LogP) is 2.82. The first-order valence-corrected chi connectivity index (χ1v) is 7.29. The van der Waals surface area contributed by atoms with Crippen LogP contribution < -0.4 is 10.1 Å². The highest BCUT2D eigenvalue weighted by atomic mass is 35.5. The summed E-state index contributed by atoms with van der Waals surface area (Å²) < 4.78 is 10.1. The van der Waals surface area contributed by atoms with Gasteiger partial charge in [-0.2, -0.15) is 0 Å². The van der Waals surface area contributed by atoms with E-state index >= 15 is 0 Å². The zero-order valence-electron chi connectivity index (χ0n) is 12.5. The fourth-order valence-corrected chi connectivity index (χ4v) is 2.02. The third kappa shape index (κ3) is 5.00. The third-order valence-electron chi connectivity index (χ3n) is 3.08. The summed E-state index contributed by atoms with van der Waals surface area (Å²) in [6.45, 7) is -0.0576. The Bertz CT molecular complexity index is 685. The van der Waals surface area contributed by atoms with Crippen molar-refractivity contribution in [2.24, 2.45) is 0 Å². The molecule has 0 aliphatic rings. The lowest BCUT2D eigenvalue weighted by Crippen LogP contribution is -2.28. The van der Waals surface area contributed by atoms with Crippen LogP contribution in [0, 0.1) is 0 Å². The normalized spacial score (nSPS) is 10.0. The number of carbonyl (C=O) groups excluding carboxylic acids is 2. The molecule has 2 aromatic rings. The minimum Gasteiger partial charge on any atom is -0.496 e. The van der Waals surface area contributed by atoms with Crippen LogP contribution >= 0.6 is 11.6 Å². The Morgan fingerprint density at radius 3 is 2.48 bits per heavy atom. The molecule has 0 unspecified atom stereocenters. The predicted molar refractivity (Wildman–Crippen MR) is 86.6 cm³/mol. The molecule has 23 heavy (non-hydrogen) atoms. The zero-order valence-corrected chi connectivity index (χ0v) is 13.3. The molecule has 0 spiro atoms. The summed E-state index contributed by atoms with van der Waals surface area (Å²) in [5, 5.41) is 3.20. The maximum Gasteiger partial charge on any atom is 0.338 e. The van der Waals surface area contributed by atoms with Crippen LogP contribution in [-0.2, 0) is 16.1 Å². The number of amides is 1. The Labute approximate surface area is 139 Å². The number of rotatable bonds is 6. The first-order chi connectivity index (χ1) is 11.1. The molecule has 1 amide bonds. The van der Waals surface area contributed by atoms with Crippen LogP contribution in [0.4, 0.5) is 0 Å². The van der Waals surface area contributed by atoms with Crippen molar-refractivity contribution in [3.63, 3.8) is 0 Å². The number of halogens is 1. The number of benzene rings is 2. The van der Waals surface area contributed by atoms with E-state index in [1.165, 1.54) is 12.1 Å². The lowest BCUT2D eigenvalue weighted by Gasteiger charge is -2.10. The summed E-state index contributed by atoms with van der Waals surface area (Å²) in [4.78, 5) is 23.5. The molecule has 0 saturated carbocycles. The topological polar surface area (TPSA) is 64.6 Å². The van der Waals surface area contributed by atoms with E-state index < -0.39 is 11.9 Å². The molecule has 2 rings (SSSR count). The number of hydrogen-bond acceptors (Lipinski definition) is 4. The molecule has 0 bridgehead atoms. The Kier molecular flexibility index (Phi) is 6.00. The summed E-state index contributed by atoms with van der Waals surface area (Å²) >= 11 is 5.74. The molecule has 0 heterocycles. The summed E-state index contributed by atoms with van der Waals surface area (Å²) in [6.07, 6.45) is 0. The molecule has 6 heteroatoms. The molecule has 0 saturated heterocycles. The van der Waals surface area contributed by atoms with Crippen molar-refractivity contribution in [2.75, 3.05) is 13.7 Å². The van der Waals surface area contributed by atoms with Crippen LogP contribution in [0.1, 0.15) is 15.9 Å². The number of para-hydroxylation sites is 1. The minimum atomic E-state index is -0.575. The standard InChI is InChI=1S/C17H16ClNO4/c1-22-15-5-3-2-4-13(15)10-19-16(20)11-23-17(21)12-6-8-14(18)9-7-12/h2-9H,10-11H2,1H3,(H,19,20). The number of hydrogen-bond donors (Lipinski definition) is 1. The molecule has 1 N–H and O–H groups in total. The van der Waals surface area contributed by atoms with E-state index in [2.05, 4.69) is 5.32 Å². The Balaban J connectivity index is 1.81. The summed E-state index contributed by atoms with van der Waals surface area (Å²) in [6, 6.07) is 13.6. The van der Waals surface area contributed by atoms with Gasteiger partial charge >= 0.3 is 5.97 Å². The second-order valence-corrected chi connectivity index (χ2v) is 5.11. The number of carbonyl (C=O) groups is 2. The largest absolute Gasteiger partial charge is 0.496 e. The summed E-state index contributed by atoms with van der Waals surface area (Å²) in [7, 11) is 1.56. The molecular weight excluding hydrogens is 318 g/mol. The second-order valence-electron chi connectivity index (χ2n) is 4.67. The number of ether oxygens (including phenoxy) is 2.